The lowest BCUT2D eigenvalue weighted by atomic mass is 10.3. The maximum absolute atomic E-state index is 13.1. The number of rotatable bonds is 3. The molecule has 22 heavy (non-hydrogen) atoms. The van der Waals surface area contributed by atoms with Crippen molar-refractivity contribution in [1.82, 2.24) is 19.8 Å². The quantitative estimate of drug-likeness (QED) is 0.770. The summed E-state index contributed by atoms with van der Waals surface area (Å²) in [6, 6.07) is 3.52. The van der Waals surface area contributed by atoms with Crippen molar-refractivity contribution in [2.24, 2.45) is 0 Å². The second-order valence-electron chi connectivity index (χ2n) is 4.14. The molecule has 0 aliphatic rings. The fraction of sp³-hybridized carbons (Fsp3) is 0.250. The monoisotopic (exact) mass is 378 g/mol. The van der Waals surface area contributed by atoms with E-state index in [0.717, 1.165) is 5.06 Å². The Labute approximate surface area is 131 Å². The maximum Gasteiger partial charge on any atom is 0.433 e. The molecule has 0 bridgehead atoms. The highest BCUT2D eigenvalue weighted by Crippen LogP contribution is 2.31. The van der Waals surface area contributed by atoms with Gasteiger partial charge in [0.25, 0.3) is 5.91 Å². The third kappa shape index (κ3) is 3.28. The fourth-order valence-corrected chi connectivity index (χ4v) is 1.83. The zero-order chi connectivity index (χ0) is 16.5. The molecule has 0 spiro atoms. The van der Waals surface area contributed by atoms with Crippen LogP contribution in [0.1, 0.15) is 16.2 Å². The van der Waals surface area contributed by atoms with Crippen molar-refractivity contribution in [2.45, 2.75) is 6.18 Å². The molecule has 0 saturated heterocycles. The molecule has 6 nitrogen and oxygen atoms in total. The zero-order valence-electron chi connectivity index (χ0n) is 11.4. The van der Waals surface area contributed by atoms with Gasteiger partial charge >= 0.3 is 6.18 Å². The van der Waals surface area contributed by atoms with E-state index in [9.17, 15) is 18.0 Å². The summed E-state index contributed by atoms with van der Waals surface area (Å²) >= 11 is 3.14. The number of carbonyl (C=O) groups is 1. The molecule has 0 atom stereocenters. The summed E-state index contributed by atoms with van der Waals surface area (Å²) in [6.07, 6.45) is -3.36. The van der Waals surface area contributed by atoms with E-state index in [-0.39, 0.29) is 5.82 Å². The first-order valence-corrected chi connectivity index (χ1v) is 6.64. The van der Waals surface area contributed by atoms with Gasteiger partial charge in [0.15, 0.2) is 17.2 Å². The standard InChI is InChI=1S/C12H10BrF3N4O2/c1-19(22-2)11(21)8-5-9(12(14,15)16)20(18-8)10-4-3-7(13)6-17-10/h3-6H,1-2H3. The molecular weight excluding hydrogens is 369 g/mol. The van der Waals surface area contributed by atoms with E-state index in [0.29, 0.717) is 15.2 Å². The summed E-state index contributed by atoms with van der Waals surface area (Å²) in [4.78, 5) is 20.4. The van der Waals surface area contributed by atoms with E-state index in [1.165, 1.54) is 32.5 Å². The van der Waals surface area contributed by atoms with Gasteiger partial charge in [0.05, 0.1) is 7.11 Å². The van der Waals surface area contributed by atoms with Crippen LogP contribution in [0.2, 0.25) is 0 Å². The highest BCUT2D eigenvalue weighted by Gasteiger charge is 2.37. The number of hydroxylamine groups is 2. The number of hydrogen-bond acceptors (Lipinski definition) is 4. The van der Waals surface area contributed by atoms with Crippen LogP contribution in [0.4, 0.5) is 13.2 Å². The summed E-state index contributed by atoms with van der Waals surface area (Å²) in [5.41, 5.74) is -1.50. The number of hydrogen-bond donors (Lipinski definition) is 0. The first-order chi connectivity index (χ1) is 10.2. The number of pyridine rings is 1. The van der Waals surface area contributed by atoms with Crippen molar-refractivity contribution in [3.8, 4) is 5.82 Å². The highest BCUT2D eigenvalue weighted by molar-refractivity contribution is 9.10. The van der Waals surface area contributed by atoms with Crippen LogP contribution in [0.5, 0.6) is 0 Å². The predicted molar refractivity (Wildman–Crippen MR) is 73.2 cm³/mol. The van der Waals surface area contributed by atoms with E-state index in [1.54, 1.807) is 0 Å². The van der Waals surface area contributed by atoms with E-state index in [1.807, 2.05) is 0 Å². The molecule has 0 unspecified atom stereocenters. The van der Waals surface area contributed by atoms with Gasteiger partial charge in [-0.3, -0.25) is 9.63 Å². The topological polar surface area (TPSA) is 60.2 Å². The lowest BCUT2D eigenvalue weighted by Gasteiger charge is -2.11. The van der Waals surface area contributed by atoms with Gasteiger partial charge in [0.1, 0.15) is 0 Å². The van der Waals surface area contributed by atoms with Gasteiger partial charge in [-0.15, -0.1) is 0 Å². The normalized spacial score (nSPS) is 11.5. The minimum absolute atomic E-state index is 0.0605. The average Bonchev–Trinajstić information content (AvgIpc) is 2.91. The first kappa shape index (κ1) is 16.4. The van der Waals surface area contributed by atoms with Gasteiger partial charge in [0, 0.05) is 23.8 Å². The molecule has 0 aliphatic carbocycles. The van der Waals surface area contributed by atoms with Crippen molar-refractivity contribution in [1.29, 1.82) is 0 Å². The number of carbonyl (C=O) groups excluding carboxylic acids is 1. The molecule has 2 aromatic heterocycles. The van der Waals surface area contributed by atoms with Gasteiger partial charge in [-0.1, -0.05) is 0 Å². The molecule has 2 aromatic rings. The zero-order valence-corrected chi connectivity index (χ0v) is 13.0. The summed E-state index contributed by atoms with van der Waals surface area (Å²) in [5, 5.41) is 4.47. The highest BCUT2D eigenvalue weighted by atomic mass is 79.9. The van der Waals surface area contributed by atoms with E-state index < -0.39 is 23.5 Å². The van der Waals surface area contributed by atoms with Crippen LogP contribution >= 0.6 is 15.9 Å². The number of halogens is 4. The SMILES string of the molecule is CON(C)C(=O)c1cc(C(F)(F)F)n(-c2ccc(Br)cn2)n1. The molecule has 0 fully saturated rings. The van der Waals surface area contributed by atoms with Crippen LogP contribution in [0.25, 0.3) is 5.82 Å². The van der Waals surface area contributed by atoms with Gasteiger partial charge in [-0.05, 0) is 28.1 Å². The number of aromatic nitrogens is 3. The van der Waals surface area contributed by atoms with Crippen LogP contribution in [-0.4, -0.2) is 39.9 Å². The fourth-order valence-electron chi connectivity index (χ4n) is 1.60. The van der Waals surface area contributed by atoms with Gasteiger partial charge in [0.2, 0.25) is 0 Å². The van der Waals surface area contributed by atoms with Crippen LogP contribution in [0, 0.1) is 0 Å². The average molecular weight is 379 g/mol. The van der Waals surface area contributed by atoms with Crippen molar-refractivity contribution in [2.75, 3.05) is 14.2 Å². The Kier molecular flexibility index (Phi) is 4.52. The molecule has 0 radical (unpaired) electrons. The predicted octanol–water partition coefficient (Wildman–Crippen LogP) is 2.68. The molecule has 2 rings (SSSR count). The summed E-state index contributed by atoms with van der Waals surface area (Å²) in [6.45, 7) is 0. The van der Waals surface area contributed by atoms with Crippen LogP contribution in [0.15, 0.2) is 28.9 Å². The summed E-state index contributed by atoms with van der Waals surface area (Å²) in [5.74, 6) is -0.862. The largest absolute Gasteiger partial charge is 0.433 e. The smallest absolute Gasteiger partial charge is 0.274 e. The van der Waals surface area contributed by atoms with Gasteiger partial charge in [-0.2, -0.15) is 18.3 Å². The Morgan fingerprint density at radius 3 is 2.59 bits per heavy atom. The Morgan fingerprint density at radius 2 is 2.09 bits per heavy atom. The third-order valence-corrected chi connectivity index (χ3v) is 3.18. The molecular formula is C12H10BrF3N4O2. The molecule has 118 valence electrons. The minimum atomic E-state index is -4.69. The van der Waals surface area contributed by atoms with E-state index in [4.69, 9.17) is 0 Å². The summed E-state index contributed by atoms with van der Waals surface area (Å²) < 4.78 is 40.5. The first-order valence-electron chi connectivity index (χ1n) is 5.85. The number of alkyl halides is 3. The lowest BCUT2D eigenvalue weighted by Crippen LogP contribution is -2.25. The van der Waals surface area contributed by atoms with Crippen LogP contribution < -0.4 is 0 Å². The molecule has 0 aromatic carbocycles. The summed E-state index contributed by atoms with van der Waals surface area (Å²) in [7, 11) is 2.49. The van der Waals surface area contributed by atoms with E-state index in [2.05, 4.69) is 30.9 Å². The third-order valence-electron chi connectivity index (χ3n) is 2.71. The molecule has 0 aliphatic heterocycles. The van der Waals surface area contributed by atoms with Crippen molar-refractivity contribution < 1.29 is 22.8 Å². The Balaban J connectivity index is 2.54. The van der Waals surface area contributed by atoms with Gasteiger partial charge < -0.3 is 0 Å². The van der Waals surface area contributed by atoms with Crippen molar-refractivity contribution >= 4 is 21.8 Å². The second kappa shape index (κ2) is 6.05. The maximum atomic E-state index is 13.1. The Morgan fingerprint density at radius 1 is 1.41 bits per heavy atom. The number of amides is 1. The van der Waals surface area contributed by atoms with E-state index >= 15 is 0 Å². The molecule has 0 N–H and O–H groups in total. The molecule has 2 heterocycles. The van der Waals surface area contributed by atoms with Crippen molar-refractivity contribution in [3.05, 3.63) is 40.3 Å². The molecule has 10 heteroatoms. The van der Waals surface area contributed by atoms with Gasteiger partial charge in [-0.25, -0.2) is 14.7 Å². The Bertz CT molecular complexity index is 685. The lowest BCUT2D eigenvalue weighted by molar-refractivity contribution is -0.142. The van der Waals surface area contributed by atoms with Crippen molar-refractivity contribution in [3.63, 3.8) is 0 Å². The second-order valence-corrected chi connectivity index (χ2v) is 5.06. The van der Waals surface area contributed by atoms with Crippen LogP contribution in [-0.2, 0) is 11.0 Å². The van der Waals surface area contributed by atoms with Crippen LogP contribution in [0.3, 0.4) is 0 Å². The molecule has 1 amide bonds. The molecule has 0 saturated carbocycles. The Hall–Kier alpha value is -1.94. The minimum Gasteiger partial charge on any atom is -0.274 e. The number of nitrogens with zero attached hydrogens (tertiary/aromatic N) is 4.